The van der Waals surface area contributed by atoms with Crippen molar-refractivity contribution in [1.82, 2.24) is 0 Å². The highest BCUT2D eigenvalue weighted by Gasteiger charge is 2.26. The number of hydrogen-bond acceptors (Lipinski definition) is 6. The van der Waals surface area contributed by atoms with E-state index in [0.29, 0.717) is 17.3 Å². The molecule has 2 aromatic carbocycles. The van der Waals surface area contributed by atoms with Crippen LogP contribution in [-0.2, 0) is 10.5 Å². The van der Waals surface area contributed by atoms with Crippen molar-refractivity contribution in [3.05, 3.63) is 58.1 Å². The zero-order valence-electron chi connectivity index (χ0n) is 15.6. The zero-order valence-corrected chi connectivity index (χ0v) is 16.5. The Balaban J connectivity index is 2.32. The van der Waals surface area contributed by atoms with Crippen molar-refractivity contribution >= 4 is 30.1 Å². The summed E-state index contributed by atoms with van der Waals surface area (Å²) in [6.07, 6.45) is -0.694. The number of anilines is 1. The van der Waals surface area contributed by atoms with E-state index in [2.05, 4.69) is 12.6 Å². The maximum absolute atomic E-state index is 12.3. The molecule has 0 N–H and O–H groups in total. The van der Waals surface area contributed by atoms with Crippen molar-refractivity contribution in [3.8, 4) is 11.5 Å². The molecular weight excluding hydrogens is 368 g/mol. The number of hydrogen-bond donors (Lipinski definition) is 1. The molecule has 0 fully saturated rings. The Kier molecular flexibility index (Phi) is 6.32. The van der Waals surface area contributed by atoms with Gasteiger partial charge in [-0.15, -0.1) is 0 Å². The van der Waals surface area contributed by atoms with Gasteiger partial charge in [-0.1, -0.05) is 12.1 Å². The summed E-state index contributed by atoms with van der Waals surface area (Å²) in [6, 6.07) is 11.5. The summed E-state index contributed by atoms with van der Waals surface area (Å²) >= 11 is 4.20. The molecule has 0 heterocycles. The molecule has 144 valence electrons. The SMILES string of the molecule is CN(C(=O)OC(C)(C)C)c1cc(Oc2ccc(CS)cc2)ccc1[N+](=O)[O-]. The highest BCUT2D eigenvalue weighted by Crippen LogP contribution is 2.34. The lowest BCUT2D eigenvalue weighted by Gasteiger charge is -2.24. The van der Waals surface area contributed by atoms with Gasteiger partial charge in [0, 0.05) is 24.9 Å². The van der Waals surface area contributed by atoms with Gasteiger partial charge < -0.3 is 9.47 Å². The monoisotopic (exact) mass is 390 g/mol. The largest absolute Gasteiger partial charge is 0.457 e. The number of nitrogens with zero attached hydrogens (tertiary/aromatic N) is 2. The molecule has 0 atom stereocenters. The molecule has 1 amide bonds. The Bertz CT molecular complexity index is 831. The summed E-state index contributed by atoms with van der Waals surface area (Å²) in [5, 5.41) is 11.4. The second kappa shape index (κ2) is 8.30. The molecule has 2 aromatic rings. The van der Waals surface area contributed by atoms with Gasteiger partial charge in [-0.25, -0.2) is 4.79 Å². The molecule has 7 nitrogen and oxygen atoms in total. The Labute approximate surface area is 163 Å². The van der Waals surface area contributed by atoms with Crippen LogP contribution >= 0.6 is 12.6 Å². The van der Waals surface area contributed by atoms with Crippen LogP contribution in [0.1, 0.15) is 26.3 Å². The summed E-state index contributed by atoms with van der Waals surface area (Å²) in [4.78, 5) is 24.2. The minimum atomic E-state index is -0.719. The van der Waals surface area contributed by atoms with E-state index in [9.17, 15) is 14.9 Å². The summed E-state index contributed by atoms with van der Waals surface area (Å²) in [6.45, 7) is 5.17. The van der Waals surface area contributed by atoms with Gasteiger partial charge in [0.2, 0.25) is 0 Å². The maximum Gasteiger partial charge on any atom is 0.414 e. The van der Waals surface area contributed by atoms with E-state index in [4.69, 9.17) is 9.47 Å². The fourth-order valence-electron chi connectivity index (χ4n) is 2.22. The zero-order chi connectivity index (χ0) is 20.2. The third-order valence-electron chi connectivity index (χ3n) is 3.51. The molecule has 0 aromatic heterocycles. The van der Waals surface area contributed by atoms with Crippen molar-refractivity contribution in [3.63, 3.8) is 0 Å². The van der Waals surface area contributed by atoms with Crippen LogP contribution in [0.2, 0.25) is 0 Å². The molecule has 0 aliphatic carbocycles. The number of carbonyl (C=O) groups excluding carboxylic acids is 1. The maximum atomic E-state index is 12.3. The molecule has 0 unspecified atom stereocenters. The first kappa shape index (κ1) is 20.6. The predicted molar refractivity (Wildman–Crippen MR) is 107 cm³/mol. The smallest absolute Gasteiger partial charge is 0.414 e. The number of carbonyl (C=O) groups is 1. The minimum Gasteiger partial charge on any atom is -0.457 e. The molecule has 27 heavy (non-hydrogen) atoms. The highest BCUT2D eigenvalue weighted by atomic mass is 32.1. The summed E-state index contributed by atoms with van der Waals surface area (Å²) < 4.78 is 11.0. The number of nitro benzene ring substituents is 1. The quantitative estimate of drug-likeness (QED) is 0.432. The predicted octanol–water partition coefficient (Wildman–Crippen LogP) is 5.19. The molecule has 0 bridgehead atoms. The second-order valence-electron chi connectivity index (χ2n) is 6.85. The van der Waals surface area contributed by atoms with E-state index in [1.165, 1.54) is 25.2 Å². The van der Waals surface area contributed by atoms with Gasteiger partial charge in [0.25, 0.3) is 5.69 Å². The second-order valence-corrected chi connectivity index (χ2v) is 7.17. The first-order valence-electron chi connectivity index (χ1n) is 8.23. The van der Waals surface area contributed by atoms with E-state index < -0.39 is 16.6 Å². The molecule has 0 radical (unpaired) electrons. The van der Waals surface area contributed by atoms with E-state index in [1.54, 1.807) is 32.9 Å². The van der Waals surface area contributed by atoms with Gasteiger partial charge in [-0.2, -0.15) is 12.6 Å². The van der Waals surface area contributed by atoms with Crippen LogP contribution in [0.15, 0.2) is 42.5 Å². The lowest BCUT2D eigenvalue weighted by atomic mass is 10.2. The number of ether oxygens (including phenoxy) is 2. The summed E-state index contributed by atoms with van der Waals surface area (Å²) in [5.41, 5.74) is 0.183. The number of amides is 1. The van der Waals surface area contributed by atoms with Crippen molar-refractivity contribution in [2.45, 2.75) is 32.1 Å². The van der Waals surface area contributed by atoms with Crippen LogP contribution in [0.3, 0.4) is 0 Å². The van der Waals surface area contributed by atoms with Gasteiger partial charge in [0.05, 0.1) is 4.92 Å². The van der Waals surface area contributed by atoms with E-state index in [0.717, 1.165) is 10.5 Å². The van der Waals surface area contributed by atoms with Crippen molar-refractivity contribution < 1.29 is 19.2 Å². The first-order valence-corrected chi connectivity index (χ1v) is 8.87. The molecule has 8 heteroatoms. The lowest BCUT2D eigenvalue weighted by Crippen LogP contribution is -2.34. The molecule has 2 rings (SSSR count). The molecule has 0 spiro atoms. The Hall–Kier alpha value is -2.74. The lowest BCUT2D eigenvalue weighted by molar-refractivity contribution is -0.384. The number of benzene rings is 2. The topological polar surface area (TPSA) is 81.9 Å². The minimum absolute atomic E-state index is 0.0822. The van der Waals surface area contributed by atoms with Crippen LogP contribution in [0.4, 0.5) is 16.2 Å². The van der Waals surface area contributed by atoms with Crippen molar-refractivity contribution in [2.75, 3.05) is 11.9 Å². The van der Waals surface area contributed by atoms with Gasteiger partial charge >= 0.3 is 6.09 Å². The normalized spacial score (nSPS) is 11.0. The van der Waals surface area contributed by atoms with Crippen LogP contribution in [0.5, 0.6) is 11.5 Å². The van der Waals surface area contributed by atoms with E-state index in [1.807, 2.05) is 12.1 Å². The van der Waals surface area contributed by atoms with Crippen LogP contribution in [-0.4, -0.2) is 23.7 Å². The van der Waals surface area contributed by atoms with Crippen LogP contribution in [0, 0.1) is 10.1 Å². The molecule has 0 saturated heterocycles. The van der Waals surface area contributed by atoms with E-state index in [-0.39, 0.29) is 11.4 Å². The van der Waals surface area contributed by atoms with Gasteiger partial charge in [0.15, 0.2) is 0 Å². The Morgan fingerprint density at radius 2 is 1.74 bits per heavy atom. The number of thiol groups is 1. The van der Waals surface area contributed by atoms with Crippen LogP contribution in [0.25, 0.3) is 0 Å². The van der Waals surface area contributed by atoms with Gasteiger partial charge in [-0.3, -0.25) is 15.0 Å². The van der Waals surface area contributed by atoms with Crippen molar-refractivity contribution in [2.24, 2.45) is 0 Å². The molecule has 0 aliphatic heterocycles. The molecule has 0 saturated carbocycles. The Morgan fingerprint density at radius 1 is 1.15 bits per heavy atom. The van der Waals surface area contributed by atoms with Crippen molar-refractivity contribution in [1.29, 1.82) is 0 Å². The third kappa shape index (κ3) is 5.62. The van der Waals surface area contributed by atoms with Crippen LogP contribution < -0.4 is 9.64 Å². The first-order chi connectivity index (χ1) is 12.6. The molecule has 0 aliphatic rings. The highest BCUT2D eigenvalue weighted by molar-refractivity contribution is 7.79. The standard InChI is InChI=1S/C19H22N2O5S/c1-19(2,3)26-18(22)20(4)17-11-15(9-10-16(17)21(23)24)25-14-7-5-13(12-27)6-8-14/h5-11,27H,12H2,1-4H3. The summed E-state index contributed by atoms with van der Waals surface area (Å²) in [7, 11) is 1.42. The summed E-state index contributed by atoms with van der Waals surface area (Å²) in [5.74, 6) is 1.55. The van der Waals surface area contributed by atoms with Gasteiger partial charge in [-0.05, 0) is 44.5 Å². The van der Waals surface area contributed by atoms with E-state index >= 15 is 0 Å². The number of rotatable bonds is 5. The fraction of sp³-hybridized carbons (Fsp3) is 0.316. The Morgan fingerprint density at radius 3 is 2.26 bits per heavy atom. The fourth-order valence-corrected chi connectivity index (χ4v) is 2.43. The van der Waals surface area contributed by atoms with Gasteiger partial charge in [0.1, 0.15) is 22.8 Å². The average Bonchev–Trinajstić information content (AvgIpc) is 2.60. The average molecular weight is 390 g/mol. The third-order valence-corrected chi connectivity index (χ3v) is 3.88. The molecular formula is C19H22N2O5S. The number of nitro groups is 1.